The molecule has 0 bridgehead atoms. The van der Waals surface area contributed by atoms with Crippen LogP contribution < -0.4 is 21.1 Å². The summed E-state index contributed by atoms with van der Waals surface area (Å²) in [6, 6.07) is 14.1. The molecule has 2 aromatic rings. The van der Waals surface area contributed by atoms with Crippen LogP contribution in [0.4, 0.5) is 10.5 Å². The summed E-state index contributed by atoms with van der Waals surface area (Å²) in [4.78, 5) is 50.2. The van der Waals surface area contributed by atoms with Gasteiger partial charge in [0, 0.05) is 18.5 Å². The van der Waals surface area contributed by atoms with Gasteiger partial charge in [0.25, 0.3) is 11.8 Å². The van der Waals surface area contributed by atoms with E-state index in [4.69, 9.17) is 4.74 Å². The number of anilines is 1. The number of fused-ring (bicyclic) bond motifs is 3. The Bertz CT molecular complexity index is 1120. The Kier molecular flexibility index (Phi) is 7.78. The van der Waals surface area contributed by atoms with Crippen molar-refractivity contribution in [3.8, 4) is 11.1 Å². The number of hydrogen-bond acceptors (Lipinski definition) is 5. The Morgan fingerprint density at radius 3 is 2.34 bits per heavy atom. The molecule has 0 fully saturated rings. The van der Waals surface area contributed by atoms with Crippen molar-refractivity contribution >= 4 is 29.5 Å². The first-order valence-corrected chi connectivity index (χ1v) is 11.6. The van der Waals surface area contributed by atoms with Crippen molar-refractivity contribution in [3.63, 3.8) is 0 Å². The number of para-hydroxylation sites is 1. The van der Waals surface area contributed by atoms with E-state index in [1.807, 2.05) is 36.4 Å². The highest BCUT2D eigenvalue weighted by molar-refractivity contribution is 6.06. The molecule has 0 aromatic heterocycles. The zero-order valence-corrected chi connectivity index (χ0v) is 20.7. The van der Waals surface area contributed by atoms with Gasteiger partial charge in [0.1, 0.15) is 11.6 Å². The second-order valence-corrected chi connectivity index (χ2v) is 9.44. The minimum absolute atomic E-state index is 0.0331. The van der Waals surface area contributed by atoms with E-state index in [2.05, 4.69) is 16.1 Å². The summed E-state index contributed by atoms with van der Waals surface area (Å²) in [6.07, 6.45) is -0.654. The molecule has 35 heavy (non-hydrogen) atoms. The molecule has 0 saturated heterocycles. The second kappa shape index (κ2) is 10.6. The predicted molar refractivity (Wildman–Crippen MR) is 132 cm³/mol. The van der Waals surface area contributed by atoms with Gasteiger partial charge in [0.2, 0.25) is 5.91 Å². The topological polar surface area (TPSA) is 117 Å². The number of benzene rings is 2. The summed E-state index contributed by atoms with van der Waals surface area (Å²) in [6.45, 7) is 8.62. The lowest BCUT2D eigenvalue weighted by molar-refractivity contribution is -0.130. The molecular weight excluding hydrogens is 448 g/mol. The fraction of sp³-hybridized carbons (Fsp3) is 0.385. The molecule has 9 nitrogen and oxygen atoms in total. The average molecular weight is 481 g/mol. The Labute approximate surface area is 205 Å². The van der Waals surface area contributed by atoms with E-state index in [1.165, 1.54) is 11.9 Å². The smallest absolute Gasteiger partial charge is 0.407 e. The summed E-state index contributed by atoms with van der Waals surface area (Å²) in [5, 5.41) is 6.35. The Hall–Kier alpha value is -3.88. The number of nitrogens with zero attached hydrogens (tertiary/aromatic N) is 1. The lowest BCUT2D eigenvalue weighted by Gasteiger charge is -2.27. The molecule has 1 aliphatic rings. The number of nitrogens with one attached hydrogen (secondary N) is 3. The summed E-state index contributed by atoms with van der Waals surface area (Å²) in [5.41, 5.74) is 5.23. The van der Waals surface area contributed by atoms with E-state index in [1.54, 1.807) is 39.8 Å². The largest absolute Gasteiger partial charge is 0.444 e. The second-order valence-electron chi connectivity index (χ2n) is 9.44. The molecule has 2 atom stereocenters. The summed E-state index contributed by atoms with van der Waals surface area (Å²) in [5.74, 6) is -1.73. The molecular formula is C26H32N4O5. The SMILES string of the molecule is CC1C(=O)N(NC(=O)[C@H](C)NC(=O)CCNC(=O)OC(C)(C)C)c2ccccc2-c2ccccc21. The van der Waals surface area contributed by atoms with Crippen molar-refractivity contribution in [1.29, 1.82) is 0 Å². The lowest BCUT2D eigenvalue weighted by Crippen LogP contribution is -2.54. The van der Waals surface area contributed by atoms with Crippen LogP contribution in [0.5, 0.6) is 0 Å². The zero-order valence-electron chi connectivity index (χ0n) is 20.7. The summed E-state index contributed by atoms with van der Waals surface area (Å²) in [7, 11) is 0. The first-order chi connectivity index (χ1) is 16.5. The van der Waals surface area contributed by atoms with Gasteiger partial charge in [0.05, 0.1) is 11.6 Å². The van der Waals surface area contributed by atoms with Crippen LogP contribution in [0.15, 0.2) is 48.5 Å². The lowest BCUT2D eigenvalue weighted by atomic mass is 9.92. The maximum Gasteiger partial charge on any atom is 0.407 e. The number of alkyl carbamates (subject to hydrolysis) is 1. The van der Waals surface area contributed by atoms with Crippen molar-refractivity contribution in [3.05, 3.63) is 54.1 Å². The highest BCUT2D eigenvalue weighted by Crippen LogP contribution is 2.39. The number of carbonyl (C=O) groups is 4. The van der Waals surface area contributed by atoms with E-state index < -0.39 is 35.5 Å². The molecule has 0 saturated carbocycles. The molecule has 4 amide bonds. The van der Waals surface area contributed by atoms with Crippen molar-refractivity contribution in [2.45, 2.75) is 58.6 Å². The van der Waals surface area contributed by atoms with E-state index in [-0.39, 0.29) is 18.9 Å². The molecule has 186 valence electrons. The predicted octanol–water partition coefficient (Wildman–Crippen LogP) is 3.25. The van der Waals surface area contributed by atoms with Crippen LogP contribution in [0.3, 0.4) is 0 Å². The minimum atomic E-state index is -0.912. The number of carbonyl (C=O) groups excluding carboxylic acids is 4. The fourth-order valence-corrected chi connectivity index (χ4v) is 3.76. The third kappa shape index (κ3) is 6.38. The van der Waals surface area contributed by atoms with Crippen LogP contribution in [0, 0.1) is 0 Å². The number of rotatable bonds is 6. The Morgan fingerprint density at radius 2 is 1.66 bits per heavy atom. The van der Waals surface area contributed by atoms with Crippen LogP contribution in [-0.4, -0.2) is 42.0 Å². The Morgan fingerprint density at radius 1 is 1.03 bits per heavy atom. The van der Waals surface area contributed by atoms with Gasteiger partial charge in [-0.15, -0.1) is 0 Å². The highest BCUT2D eigenvalue weighted by atomic mass is 16.6. The zero-order chi connectivity index (χ0) is 25.8. The van der Waals surface area contributed by atoms with Gasteiger partial charge in [-0.25, -0.2) is 9.80 Å². The Balaban J connectivity index is 1.64. The van der Waals surface area contributed by atoms with Crippen LogP contribution >= 0.6 is 0 Å². The van der Waals surface area contributed by atoms with E-state index >= 15 is 0 Å². The number of amides is 4. The molecule has 1 aliphatic heterocycles. The van der Waals surface area contributed by atoms with Crippen LogP contribution in [0.2, 0.25) is 0 Å². The van der Waals surface area contributed by atoms with Gasteiger partial charge in [-0.05, 0) is 51.8 Å². The van der Waals surface area contributed by atoms with E-state index in [9.17, 15) is 19.2 Å². The van der Waals surface area contributed by atoms with E-state index in [0.717, 1.165) is 16.7 Å². The molecule has 0 spiro atoms. The quantitative estimate of drug-likeness (QED) is 0.587. The molecule has 3 N–H and O–H groups in total. The van der Waals surface area contributed by atoms with Gasteiger partial charge >= 0.3 is 6.09 Å². The maximum atomic E-state index is 13.3. The van der Waals surface area contributed by atoms with Gasteiger partial charge < -0.3 is 15.4 Å². The summed E-state index contributed by atoms with van der Waals surface area (Å²) >= 11 is 0. The molecule has 1 heterocycles. The molecule has 2 aromatic carbocycles. The van der Waals surface area contributed by atoms with Crippen LogP contribution in [0.1, 0.15) is 52.5 Å². The summed E-state index contributed by atoms with van der Waals surface area (Å²) < 4.78 is 5.12. The average Bonchev–Trinajstić information content (AvgIpc) is 2.87. The third-order valence-electron chi connectivity index (χ3n) is 5.47. The molecule has 9 heteroatoms. The van der Waals surface area contributed by atoms with Crippen molar-refractivity contribution < 1.29 is 23.9 Å². The van der Waals surface area contributed by atoms with Crippen molar-refractivity contribution in [2.24, 2.45) is 0 Å². The number of ether oxygens (including phenoxy) is 1. The first kappa shape index (κ1) is 25.7. The molecule has 0 radical (unpaired) electrons. The fourth-order valence-electron chi connectivity index (χ4n) is 3.76. The van der Waals surface area contributed by atoms with Gasteiger partial charge in [-0.1, -0.05) is 42.5 Å². The maximum absolute atomic E-state index is 13.3. The number of hydrogen-bond donors (Lipinski definition) is 3. The van der Waals surface area contributed by atoms with Crippen molar-refractivity contribution in [2.75, 3.05) is 11.6 Å². The van der Waals surface area contributed by atoms with E-state index in [0.29, 0.717) is 5.69 Å². The highest BCUT2D eigenvalue weighted by Gasteiger charge is 2.33. The normalized spacial score (nSPS) is 15.7. The monoisotopic (exact) mass is 480 g/mol. The molecule has 0 aliphatic carbocycles. The number of hydrazine groups is 1. The van der Waals surface area contributed by atoms with Crippen molar-refractivity contribution in [1.82, 2.24) is 16.1 Å². The first-order valence-electron chi connectivity index (χ1n) is 11.6. The molecule has 3 rings (SSSR count). The van der Waals surface area contributed by atoms with Crippen LogP contribution in [-0.2, 0) is 19.1 Å². The standard InChI is InChI=1S/C26H32N4O5/c1-16-18-10-6-7-11-19(18)20-12-8-9-13-21(20)30(24(16)33)29-23(32)17(2)28-22(31)14-15-27-25(34)35-26(3,4)5/h6-13,16-17H,14-15H2,1-5H3,(H,27,34)(H,28,31)(H,29,32)/t16?,17-/m0/s1. The minimum Gasteiger partial charge on any atom is -0.444 e. The molecule has 1 unspecified atom stereocenters. The van der Waals surface area contributed by atoms with Crippen LogP contribution in [0.25, 0.3) is 11.1 Å². The van der Waals surface area contributed by atoms with Gasteiger partial charge in [0.15, 0.2) is 0 Å². The van der Waals surface area contributed by atoms with Gasteiger partial charge in [-0.2, -0.15) is 0 Å². The third-order valence-corrected chi connectivity index (χ3v) is 5.47. The van der Waals surface area contributed by atoms with Gasteiger partial charge in [-0.3, -0.25) is 19.8 Å².